The van der Waals surface area contributed by atoms with E-state index in [-0.39, 0.29) is 12.1 Å². The molecule has 0 aliphatic heterocycles. The van der Waals surface area contributed by atoms with Gasteiger partial charge in [-0.15, -0.1) is 0 Å². The molecule has 0 spiro atoms. The highest BCUT2D eigenvalue weighted by Gasteiger charge is 2.25. The number of nitrogens with one attached hydrogen (secondary N) is 1. The van der Waals surface area contributed by atoms with Gasteiger partial charge in [0.2, 0.25) is 0 Å². The van der Waals surface area contributed by atoms with Gasteiger partial charge in [-0.05, 0) is 63.1 Å². The first-order valence-electron chi connectivity index (χ1n) is 11.5. The van der Waals surface area contributed by atoms with Crippen LogP contribution in [0.1, 0.15) is 57.1 Å². The first kappa shape index (κ1) is 21.6. The lowest BCUT2D eigenvalue weighted by Crippen LogP contribution is -2.41. The van der Waals surface area contributed by atoms with Crippen LogP contribution in [0, 0.1) is 12.8 Å². The van der Waals surface area contributed by atoms with Gasteiger partial charge in [-0.1, -0.05) is 19.3 Å². The topological polar surface area (TPSA) is 61.7 Å². The zero-order chi connectivity index (χ0) is 21.8. The summed E-state index contributed by atoms with van der Waals surface area (Å²) in [4.78, 5) is 12.5. The van der Waals surface area contributed by atoms with Crippen molar-refractivity contribution in [3.05, 3.63) is 30.0 Å². The maximum atomic E-state index is 12.5. The van der Waals surface area contributed by atoms with E-state index < -0.39 is 0 Å². The molecular weight excluding hydrogens is 392 g/mol. The van der Waals surface area contributed by atoms with Crippen molar-refractivity contribution in [2.24, 2.45) is 5.92 Å². The summed E-state index contributed by atoms with van der Waals surface area (Å²) >= 11 is 0. The molecule has 6 heteroatoms. The summed E-state index contributed by atoms with van der Waals surface area (Å²) in [6, 6.07) is 8.02. The van der Waals surface area contributed by atoms with Crippen molar-refractivity contribution in [3.63, 3.8) is 0 Å². The average molecular weight is 427 g/mol. The molecule has 31 heavy (non-hydrogen) atoms. The molecule has 2 saturated carbocycles. The number of aromatic nitrogens is 1. The smallest absolute Gasteiger partial charge is 0.412 e. The van der Waals surface area contributed by atoms with Crippen molar-refractivity contribution < 1.29 is 19.0 Å². The third kappa shape index (κ3) is 4.83. The normalized spacial score (nSPS) is 17.1. The van der Waals surface area contributed by atoms with E-state index in [9.17, 15) is 4.79 Å². The van der Waals surface area contributed by atoms with Crippen LogP contribution in [0.15, 0.2) is 24.3 Å². The Morgan fingerprint density at radius 1 is 1.00 bits per heavy atom. The van der Waals surface area contributed by atoms with Crippen molar-refractivity contribution >= 4 is 6.09 Å². The number of rotatable bonds is 7. The second-order valence-corrected chi connectivity index (χ2v) is 8.82. The minimum absolute atomic E-state index is 0.245. The molecule has 1 amide bonds. The molecule has 1 aromatic heterocycles. The Hall–Kier alpha value is -2.63. The van der Waals surface area contributed by atoms with Crippen LogP contribution in [0.5, 0.6) is 17.2 Å². The molecule has 1 heterocycles. The summed E-state index contributed by atoms with van der Waals surface area (Å²) in [6.45, 7) is 2.94. The van der Waals surface area contributed by atoms with Gasteiger partial charge < -0.3 is 24.1 Å². The van der Waals surface area contributed by atoms with Crippen molar-refractivity contribution in [2.45, 2.75) is 70.9 Å². The first-order chi connectivity index (χ1) is 15.1. The van der Waals surface area contributed by atoms with Gasteiger partial charge in [-0.25, -0.2) is 4.79 Å². The predicted octanol–water partition coefficient (Wildman–Crippen LogP) is 5.70. The minimum atomic E-state index is -0.369. The Kier molecular flexibility index (Phi) is 6.73. The zero-order valence-electron chi connectivity index (χ0n) is 18.9. The number of nitrogens with zero attached hydrogens (tertiary/aromatic N) is 1. The molecule has 0 bridgehead atoms. The third-order valence-corrected chi connectivity index (χ3v) is 6.80. The first-order valence-corrected chi connectivity index (χ1v) is 11.5. The van der Waals surface area contributed by atoms with E-state index in [4.69, 9.17) is 14.2 Å². The Morgan fingerprint density at radius 2 is 1.77 bits per heavy atom. The van der Waals surface area contributed by atoms with Gasteiger partial charge in [0, 0.05) is 24.2 Å². The third-order valence-electron chi connectivity index (χ3n) is 6.80. The molecule has 2 fully saturated rings. The Bertz CT molecular complexity index is 910. The largest absolute Gasteiger partial charge is 0.497 e. The van der Waals surface area contributed by atoms with E-state index in [0.29, 0.717) is 11.7 Å². The minimum Gasteiger partial charge on any atom is -0.497 e. The molecule has 0 atom stereocenters. The number of methoxy groups -OCH3 is 2. The van der Waals surface area contributed by atoms with E-state index >= 15 is 0 Å². The number of amides is 1. The molecule has 1 aromatic carbocycles. The number of carbonyl (C=O) groups is 1. The fourth-order valence-corrected chi connectivity index (χ4v) is 4.67. The molecule has 0 unspecified atom stereocenters. The van der Waals surface area contributed by atoms with Crippen LogP contribution >= 0.6 is 0 Å². The maximum absolute atomic E-state index is 12.5. The van der Waals surface area contributed by atoms with Crippen molar-refractivity contribution in [1.82, 2.24) is 9.88 Å². The summed E-state index contributed by atoms with van der Waals surface area (Å²) in [5.41, 5.74) is 2.90. The second kappa shape index (κ2) is 9.67. The second-order valence-electron chi connectivity index (χ2n) is 8.82. The lowest BCUT2D eigenvalue weighted by Gasteiger charge is -2.26. The molecule has 0 saturated heterocycles. The molecular formula is C25H34N2O4. The monoisotopic (exact) mass is 426 g/mol. The van der Waals surface area contributed by atoms with Crippen molar-refractivity contribution in [2.75, 3.05) is 14.2 Å². The summed E-state index contributed by atoms with van der Waals surface area (Å²) in [5.74, 6) is 2.78. The zero-order valence-corrected chi connectivity index (χ0v) is 18.9. The van der Waals surface area contributed by atoms with E-state index in [1.807, 2.05) is 31.2 Å². The van der Waals surface area contributed by atoms with E-state index in [1.54, 1.807) is 14.2 Å². The van der Waals surface area contributed by atoms with E-state index in [1.165, 1.54) is 38.5 Å². The number of carbonyl (C=O) groups excluding carboxylic acids is 1. The summed E-state index contributed by atoms with van der Waals surface area (Å²) in [7, 11) is 3.34. The van der Waals surface area contributed by atoms with Gasteiger partial charge in [0.1, 0.15) is 11.5 Å². The molecule has 2 aliphatic rings. The summed E-state index contributed by atoms with van der Waals surface area (Å²) in [6.07, 6.45) is 9.24. The van der Waals surface area contributed by atoms with Crippen LogP contribution in [-0.2, 0) is 6.54 Å². The van der Waals surface area contributed by atoms with Crippen LogP contribution in [0.25, 0.3) is 11.3 Å². The summed E-state index contributed by atoms with van der Waals surface area (Å²) in [5, 5.41) is 2.97. The predicted molar refractivity (Wildman–Crippen MR) is 121 cm³/mol. The quantitative estimate of drug-likeness (QED) is 0.617. The lowest BCUT2D eigenvalue weighted by atomic mass is 9.89. The molecule has 1 N–H and O–H groups in total. The number of hydrogen-bond donors (Lipinski definition) is 1. The number of ether oxygens (including phenoxy) is 3. The van der Waals surface area contributed by atoms with Gasteiger partial charge in [0.25, 0.3) is 0 Å². The van der Waals surface area contributed by atoms with Crippen molar-refractivity contribution in [1.29, 1.82) is 0 Å². The van der Waals surface area contributed by atoms with Crippen LogP contribution in [-0.4, -0.2) is 30.9 Å². The van der Waals surface area contributed by atoms with Crippen LogP contribution in [0.3, 0.4) is 0 Å². The highest BCUT2D eigenvalue weighted by Crippen LogP contribution is 2.39. The highest BCUT2D eigenvalue weighted by molar-refractivity contribution is 5.75. The highest BCUT2D eigenvalue weighted by atomic mass is 16.6. The van der Waals surface area contributed by atoms with Gasteiger partial charge in [-0.2, -0.15) is 0 Å². The number of benzene rings is 1. The SMILES string of the molecule is COc1ccc(OC)c(-c2cc(OC(=O)NC3CCC3)c(C)n2CC2CCCCC2)c1. The maximum Gasteiger partial charge on any atom is 0.412 e. The van der Waals surface area contributed by atoms with E-state index in [0.717, 1.165) is 47.8 Å². The number of hydrogen-bond acceptors (Lipinski definition) is 4. The van der Waals surface area contributed by atoms with Gasteiger partial charge >= 0.3 is 6.09 Å². The molecule has 2 aliphatic carbocycles. The van der Waals surface area contributed by atoms with Gasteiger partial charge in [0.15, 0.2) is 5.75 Å². The van der Waals surface area contributed by atoms with E-state index in [2.05, 4.69) is 9.88 Å². The molecule has 0 radical (unpaired) electrons. The van der Waals surface area contributed by atoms with Gasteiger partial charge in [0.05, 0.1) is 25.6 Å². The molecule has 4 rings (SSSR count). The van der Waals surface area contributed by atoms with Crippen molar-refractivity contribution in [3.8, 4) is 28.5 Å². The Morgan fingerprint density at radius 3 is 2.42 bits per heavy atom. The summed E-state index contributed by atoms with van der Waals surface area (Å²) < 4.78 is 19.2. The fraction of sp³-hybridized carbons (Fsp3) is 0.560. The van der Waals surface area contributed by atoms with Gasteiger partial charge in [-0.3, -0.25) is 0 Å². The average Bonchev–Trinajstić information content (AvgIpc) is 3.06. The standard InChI is InChI=1S/C25H34N2O4/c1-17-24(31-25(28)26-19-10-7-11-19)15-22(27(17)16-18-8-5-4-6-9-18)21-14-20(29-2)12-13-23(21)30-3/h12-15,18-19H,4-11,16H2,1-3H3,(H,26,28). The molecule has 6 nitrogen and oxygen atoms in total. The Labute approximate surface area is 184 Å². The Balaban J connectivity index is 1.68. The fourth-order valence-electron chi connectivity index (χ4n) is 4.67. The lowest BCUT2D eigenvalue weighted by molar-refractivity contribution is 0.187. The molecule has 2 aromatic rings. The van der Waals surface area contributed by atoms with Crippen LogP contribution < -0.4 is 19.5 Å². The van der Waals surface area contributed by atoms with Crippen LogP contribution in [0.4, 0.5) is 4.79 Å². The van der Waals surface area contributed by atoms with Crippen LogP contribution in [0.2, 0.25) is 0 Å². The molecule has 168 valence electrons.